The standard InChI is InChI=1S/C26H29ClF3N5O2S/c1-25(2)10-11-34(19-15-31-21-14-20(27)32-35(21)23(19)25)18-6-4-16(5-7-18)22(26(28,29)30)33(3)24(36)17-8-12-38(37)13-9-17/h4-7,14-15,17,22H,8-13H2,1-3H3/t17?,22-,38?/m0/s1. The minimum atomic E-state index is -4.65. The van der Waals surface area contributed by atoms with Crippen molar-refractivity contribution >= 4 is 45.3 Å². The fourth-order valence-corrected chi connectivity index (χ4v) is 7.02. The van der Waals surface area contributed by atoms with E-state index >= 15 is 0 Å². The first-order chi connectivity index (χ1) is 17.9. The smallest absolute Gasteiger partial charge is 0.339 e. The number of carbonyl (C=O) groups excluding carboxylic acids is 1. The highest BCUT2D eigenvalue weighted by molar-refractivity contribution is 7.85. The number of aromatic nitrogens is 3. The van der Waals surface area contributed by atoms with Gasteiger partial charge in [0.1, 0.15) is 0 Å². The fraction of sp³-hybridized carbons (Fsp3) is 0.500. The quantitative estimate of drug-likeness (QED) is 0.421. The molecule has 2 aliphatic heterocycles. The highest BCUT2D eigenvalue weighted by atomic mass is 35.5. The molecule has 1 fully saturated rings. The number of amides is 1. The van der Waals surface area contributed by atoms with E-state index in [1.165, 1.54) is 19.2 Å². The van der Waals surface area contributed by atoms with Gasteiger partial charge in [0.05, 0.1) is 17.6 Å². The van der Waals surface area contributed by atoms with Crippen LogP contribution in [0.15, 0.2) is 36.5 Å². The number of anilines is 2. The van der Waals surface area contributed by atoms with Crippen LogP contribution in [0.5, 0.6) is 0 Å². The van der Waals surface area contributed by atoms with Gasteiger partial charge in [0.25, 0.3) is 0 Å². The van der Waals surface area contributed by atoms with Crippen molar-refractivity contribution in [1.29, 1.82) is 0 Å². The maximum atomic E-state index is 14.3. The van der Waals surface area contributed by atoms with Crippen molar-refractivity contribution in [2.45, 2.75) is 50.7 Å². The third kappa shape index (κ3) is 4.90. The minimum Gasteiger partial charge on any atom is -0.339 e. The zero-order chi connectivity index (χ0) is 27.4. The summed E-state index contributed by atoms with van der Waals surface area (Å²) in [6.45, 7) is 4.88. The van der Waals surface area contributed by atoms with E-state index in [1.54, 1.807) is 28.9 Å². The fourth-order valence-electron chi connectivity index (χ4n) is 5.55. The highest BCUT2D eigenvalue weighted by Crippen LogP contribution is 2.44. The molecule has 1 amide bonds. The van der Waals surface area contributed by atoms with Crippen molar-refractivity contribution in [3.63, 3.8) is 0 Å². The van der Waals surface area contributed by atoms with Crippen LogP contribution in [-0.2, 0) is 21.0 Å². The first-order valence-electron chi connectivity index (χ1n) is 12.5. The van der Waals surface area contributed by atoms with Crippen LogP contribution in [-0.4, -0.2) is 60.9 Å². The van der Waals surface area contributed by atoms with Gasteiger partial charge in [-0.1, -0.05) is 37.6 Å². The lowest BCUT2D eigenvalue weighted by Crippen LogP contribution is -2.44. The molecule has 2 aliphatic rings. The Kier molecular flexibility index (Phi) is 6.96. The van der Waals surface area contributed by atoms with Crippen LogP contribution in [0.3, 0.4) is 0 Å². The number of rotatable bonds is 4. The van der Waals surface area contributed by atoms with E-state index in [4.69, 9.17) is 11.6 Å². The summed E-state index contributed by atoms with van der Waals surface area (Å²) in [7, 11) is 0.202. The van der Waals surface area contributed by atoms with Crippen LogP contribution in [0.1, 0.15) is 50.4 Å². The minimum absolute atomic E-state index is 0.0125. The second-order valence-electron chi connectivity index (χ2n) is 10.6. The van der Waals surface area contributed by atoms with E-state index in [0.717, 1.165) is 28.4 Å². The van der Waals surface area contributed by atoms with Crippen LogP contribution in [0, 0.1) is 5.92 Å². The predicted molar refractivity (Wildman–Crippen MR) is 141 cm³/mol. The Morgan fingerprint density at radius 3 is 2.50 bits per heavy atom. The Balaban J connectivity index is 1.46. The number of alkyl halides is 3. The Hall–Kier alpha value is -2.66. The molecule has 2 aromatic heterocycles. The molecule has 1 atom stereocenters. The van der Waals surface area contributed by atoms with Gasteiger partial charge in [0.2, 0.25) is 5.91 Å². The molecular formula is C26H29ClF3N5O2S. The van der Waals surface area contributed by atoms with Crippen LogP contribution in [0.25, 0.3) is 5.65 Å². The lowest BCUT2D eigenvalue weighted by molar-refractivity contribution is -0.190. The number of fused-ring (bicyclic) bond motifs is 3. The molecule has 204 valence electrons. The Morgan fingerprint density at radius 1 is 1.21 bits per heavy atom. The Labute approximate surface area is 226 Å². The average molecular weight is 568 g/mol. The molecule has 0 saturated carbocycles. The summed E-state index contributed by atoms with van der Waals surface area (Å²) < 4.78 is 56.1. The molecule has 1 aromatic carbocycles. The maximum Gasteiger partial charge on any atom is 0.413 e. The van der Waals surface area contributed by atoms with E-state index in [1.807, 2.05) is 4.90 Å². The highest BCUT2D eigenvalue weighted by Gasteiger charge is 2.46. The van der Waals surface area contributed by atoms with Gasteiger partial charge in [0.15, 0.2) is 16.8 Å². The van der Waals surface area contributed by atoms with Crippen LogP contribution >= 0.6 is 11.6 Å². The van der Waals surface area contributed by atoms with Gasteiger partial charge < -0.3 is 9.80 Å². The van der Waals surface area contributed by atoms with E-state index in [0.29, 0.717) is 41.7 Å². The van der Waals surface area contributed by atoms with Crippen molar-refractivity contribution < 1.29 is 22.2 Å². The summed E-state index contributed by atoms with van der Waals surface area (Å²) in [5.41, 5.74) is 2.85. The van der Waals surface area contributed by atoms with Gasteiger partial charge in [-0.3, -0.25) is 9.00 Å². The van der Waals surface area contributed by atoms with Gasteiger partial charge in [-0.25, -0.2) is 9.50 Å². The molecule has 0 aliphatic carbocycles. The zero-order valence-corrected chi connectivity index (χ0v) is 22.9. The molecule has 5 rings (SSSR count). The summed E-state index contributed by atoms with van der Waals surface area (Å²) in [5, 5.41) is 4.74. The molecule has 7 nitrogen and oxygen atoms in total. The summed E-state index contributed by atoms with van der Waals surface area (Å²) in [6.07, 6.45) is -1.44. The Bertz CT molecular complexity index is 1380. The third-order valence-electron chi connectivity index (χ3n) is 7.63. The zero-order valence-electron chi connectivity index (χ0n) is 21.3. The molecule has 0 unspecified atom stereocenters. The number of hydrogen-bond acceptors (Lipinski definition) is 5. The first kappa shape index (κ1) is 26.9. The summed E-state index contributed by atoms with van der Waals surface area (Å²) in [4.78, 5) is 20.3. The lowest BCUT2D eigenvalue weighted by Gasteiger charge is -2.40. The topological polar surface area (TPSA) is 70.8 Å². The molecular weight excluding hydrogens is 539 g/mol. The van der Waals surface area contributed by atoms with E-state index in [9.17, 15) is 22.2 Å². The Morgan fingerprint density at radius 2 is 1.87 bits per heavy atom. The molecule has 4 heterocycles. The van der Waals surface area contributed by atoms with E-state index in [2.05, 4.69) is 23.9 Å². The van der Waals surface area contributed by atoms with Crippen molar-refractivity contribution in [3.8, 4) is 0 Å². The number of nitrogens with zero attached hydrogens (tertiary/aromatic N) is 5. The van der Waals surface area contributed by atoms with Crippen LogP contribution < -0.4 is 4.90 Å². The summed E-state index contributed by atoms with van der Waals surface area (Å²) in [5.74, 6) is -0.422. The van der Waals surface area contributed by atoms with Gasteiger partial charge in [-0.05, 0) is 37.0 Å². The molecule has 0 N–H and O–H groups in total. The third-order valence-corrected chi connectivity index (χ3v) is 9.20. The first-order valence-corrected chi connectivity index (χ1v) is 14.3. The predicted octanol–water partition coefficient (Wildman–Crippen LogP) is 5.42. The molecule has 38 heavy (non-hydrogen) atoms. The van der Waals surface area contributed by atoms with Crippen molar-refractivity contribution in [1.82, 2.24) is 19.5 Å². The van der Waals surface area contributed by atoms with Crippen molar-refractivity contribution in [2.75, 3.05) is 30.0 Å². The van der Waals surface area contributed by atoms with Crippen molar-refractivity contribution in [3.05, 3.63) is 52.9 Å². The van der Waals surface area contributed by atoms with Gasteiger partial charge in [0, 0.05) is 59.0 Å². The van der Waals surface area contributed by atoms with Gasteiger partial charge in [-0.2, -0.15) is 18.3 Å². The van der Waals surface area contributed by atoms with Gasteiger partial charge >= 0.3 is 6.18 Å². The number of hydrogen-bond donors (Lipinski definition) is 0. The lowest BCUT2D eigenvalue weighted by atomic mass is 9.81. The maximum absolute atomic E-state index is 14.3. The number of carbonyl (C=O) groups is 1. The second-order valence-corrected chi connectivity index (χ2v) is 12.7. The van der Waals surface area contributed by atoms with Crippen LogP contribution in [0.4, 0.5) is 24.5 Å². The SMILES string of the molecule is CN(C(=O)C1CCS(=O)CC1)[C@@H](c1ccc(N2CCC(C)(C)c3c2cnc2cc(Cl)nn32)cc1)C(F)(F)F. The molecule has 0 spiro atoms. The normalized spacial score (nSPS) is 22.2. The largest absolute Gasteiger partial charge is 0.413 e. The van der Waals surface area contributed by atoms with Crippen LogP contribution in [0.2, 0.25) is 5.15 Å². The molecule has 0 radical (unpaired) electrons. The summed E-state index contributed by atoms with van der Waals surface area (Å²) >= 11 is 6.14. The number of halogens is 4. The molecule has 12 heteroatoms. The van der Waals surface area contributed by atoms with Gasteiger partial charge in [-0.15, -0.1) is 0 Å². The average Bonchev–Trinajstić information content (AvgIpc) is 3.24. The summed E-state index contributed by atoms with van der Waals surface area (Å²) in [6, 6.07) is 5.79. The molecule has 0 bridgehead atoms. The van der Waals surface area contributed by atoms with E-state index in [-0.39, 0.29) is 11.0 Å². The second kappa shape index (κ2) is 9.82. The monoisotopic (exact) mass is 567 g/mol. The number of benzene rings is 1. The molecule has 3 aromatic rings. The van der Waals surface area contributed by atoms with Crippen molar-refractivity contribution in [2.24, 2.45) is 5.92 Å². The molecule has 1 saturated heterocycles. The van der Waals surface area contributed by atoms with E-state index < -0.39 is 34.8 Å².